The van der Waals surface area contributed by atoms with Crippen LogP contribution in [0.15, 0.2) is 0 Å². The van der Waals surface area contributed by atoms with Crippen molar-refractivity contribution >= 4 is 0 Å². The van der Waals surface area contributed by atoms with E-state index < -0.39 is 6.29 Å². The summed E-state index contributed by atoms with van der Waals surface area (Å²) < 4.78 is 13.8. The summed E-state index contributed by atoms with van der Waals surface area (Å²) in [6.07, 6.45) is -0.847. The van der Waals surface area contributed by atoms with E-state index in [4.69, 9.17) is 9.84 Å². The lowest BCUT2D eigenvalue weighted by Crippen LogP contribution is -2.17. The van der Waals surface area contributed by atoms with Gasteiger partial charge in [-0.3, -0.25) is 0 Å². The third-order valence-electron chi connectivity index (χ3n) is 0.734. The van der Waals surface area contributed by atoms with Gasteiger partial charge in [0.15, 0.2) is 6.29 Å². The van der Waals surface area contributed by atoms with Crippen molar-refractivity contribution in [3.05, 3.63) is 0 Å². The van der Waals surface area contributed by atoms with Crippen molar-refractivity contribution in [3.8, 4) is 0 Å². The molecule has 1 N–H and O–H groups in total. The van der Waals surface area contributed by atoms with Gasteiger partial charge < -0.3 is 19.3 Å². The SMILES string of the molecule is COCOCC(O)OC. The predicted octanol–water partition coefficient (Wildman–Crippen LogP) is -0.428. The number of aliphatic hydroxyl groups excluding tert-OH is 1. The zero-order chi connectivity index (χ0) is 7.11. The van der Waals surface area contributed by atoms with Crippen LogP contribution in [0.3, 0.4) is 0 Å². The first-order valence-corrected chi connectivity index (χ1v) is 2.58. The molecule has 56 valence electrons. The van der Waals surface area contributed by atoms with Crippen molar-refractivity contribution < 1.29 is 19.3 Å². The van der Waals surface area contributed by atoms with Gasteiger partial charge in [-0.25, -0.2) is 0 Å². The molecule has 9 heavy (non-hydrogen) atoms. The summed E-state index contributed by atoms with van der Waals surface area (Å²) in [6, 6.07) is 0. The highest BCUT2D eigenvalue weighted by Crippen LogP contribution is 1.84. The molecule has 0 saturated carbocycles. The molecule has 0 heterocycles. The van der Waals surface area contributed by atoms with Gasteiger partial charge in [-0.15, -0.1) is 0 Å². The highest BCUT2D eigenvalue weighted by Gasteiger charge is 1.98. The Morgan fingerprint density at radius 3 is 2.56 bits per heavy atom. The number of rotatable bonds is 5. The van der Waals surface area contributed by atoms with Crippen LogP contribution in [0.2, 0.25) is 0 Å². The van der Waals surface area contributed by atoms with E-state index in [0.29, 0.717) is 0 Å². The van der Waals surface area contributed by atoms with Crippen molar-refractivity contribution in [2.75, 3.05) is 27.6 Å². The van der Waals surface area contributed by atoms with E-state index in [-0.39, 0.29) is 13.4 Å². The average Bonchev–Trinajstić information content (AvgIpc) is 1.89. The molecular formula is C5H12O4. The van der Waals surface area contributed by atoms with Crippen LogP contribution in [0.25, 0.3) is 0 Å². The van der Waals surface area contributed by atoms with Crippen LogP contribution in [0.4, 0.5) is 0 Å². The Bertz CT molecular complexity index is 56.9. The maximum atomic E-state index is 8.68. The summed E-state index contributed by atoms with van der Waals surface area (Å²) in [5.41, 5.74) is 0. The van der Waals surface area contributed by atoms with Crippen LogP contribution in [0, 0.1) is 0 Å². The lowest BCUT2D eigenvalue weighted by atomic mass is 10.7. The topological polar surface area (TPSA) is 47.9 Å². The van der Waals surface area contributed by atoms with Crippen molar-refractivity contribution in [3.63, 3.8) is 0 Å². The molecule has 0 saturated heterocycles. The second-order valence-corrected chi connectivity index (χ2v) is 1.47. The molecule has 0 aromatic rings. The fraction of sp³-hybridized carbons (Fsp3) is 1.00. The lowest BCUT2D eigenvalue weighted by Gasteiger charge is -2.07. The third-order valence-corrected chi connectivity index (χ3v) is 0.734. The normalized spacial score (nSPS) is 13.7. The molecule has 1 atom stereocenters. The molecule has 1 unspecified atom stereocenters. The van der Waals surface area contributed by atoms with E-state index in [1.54, 1.807) is 0 Å². The number of hydrogen-bond donors (Lipinski definition) is 1. The second kappa shape index (κ2) is 5.97. The van der Waals surface area contributed by atoms with Gasteiger partial charge >= 0.3 is 0 Å². The number of hydrogen-bond acceptors (Lipinski definition) is 4. The molecule has 0 amide bonds. The summed E-state index contributed by atoms with van der Waals surface area (Å²) in [5, 5.41) is 8.68. The van der Waals surface area contributed by atoms with E-state index in [0.717, 1.165) is 0 Å². The number of methoxy groups -OCH3 is 2. The molecule has 0 fully saturated rings. The van der Waals surface area contributed by atoms with Crippen LogP contribution in [0.1, 0.15) is 0 Å². The molecule has 0 spiro atoms. The highest BCUT2D eigenvalue weighted by atomic mass is 16.7. The maximum Gasteiger partial charge on any atom is 0.177 e. The van der Waals surface area contributed by atoms with E-state index in [1.165, 1.54) is 14.2 Å². The third kappa shape index (κ3) is 5.72. The Kier molecular flexibility index (Phi) is 5.86. The van der Waals surface area contributed by atoms with Crippen molar-refractivity contribution in [1.82, 2.24) is 0 Å². The smallest absolute Gasteiger partial charge is 0.177 e. The van der Waals surface area contributed by atoms with Crippen molar-refractivity contribution in [1.29, 1.82) is 0 Å². The minimum atomic E-state index is -0.847. The van der Waals surface area contributed by atoms with E-state index >= 15 is 0 Å². The monoisotopic (exact) mass is 136 g/mol. The first-order chi connectivity index (χ1) is 4.31. The van der Waals surface area contributed by atoms with Crippen LogP contribution in [-0.4, -0.2) is 39.0 Å². The Hall–Kier alpha value is -0.160. The molecule has 0 aromatic carbocycles. The van der Waals surface area contributed by atoms with Crippen molar-refractivity contribution in [2.24, 2.45) is 0 Å². The highest BCUT2D eigenvalue weighted by molar-refractivity contribution is 4.30. The van der Waals surface area contributed by atoms with Crippen LogP contribution in [-0.2, 0) is 14.2 Å². The van der Waals surface area contributed by atoms with Gasteiger partial charge in [-0.2, -0.15) is 0 Å². The fourth-order valence-corrected chi connectivity index (χ4v) is 0.300. The molecule has 4 heteroatoms. The van der Waals surface area contributed by atoms with Gasteiger partial charge in [0, 0.05) is 14.2 Å². The largest absolute Gasteiger partial charge is 0.366 e. The van der Waals surface area contributed by atoms with E-state index in [9.17, 15) is 0 Å². The molecule has 0 aromatic heterocycles. The fourth-order valence-electron chi connectivity index (χ4n) is 0.300. The van der Waals surface area contributed by atoms with Gasteiger partial charge in [-0.1, -0.05) is 0 Å². The summed E-state index contributed by atoms with van der Waals surface area (Å²) in [4.78, 5) is 0. The Morgan fingerprint density at radius 2 is 2.11 bits per heavy atom. The summed E-state index contributed by atoms with van der Waals surface area (Å²) >= 11 is 0. The molecule has 0 aliphatic carbocycles. The van der Waals surface area contributed by atoms with E-state index in [2.05, 4.69) is 9.47 Å². The van der Waals surface area contributed by atoms with Gasteiger partial charge in [0.25, 0.3) is 0 Å². The Labute approximate surface area is 54.3 Å². The zero-order valence-corrected chi connectivity index (χ0v) is 5.66. The van der Waals surface area contributed by atoms with Gasteiger partial charge in [0.05, 0.1) is 0 Å². The van der Waals surface area contributed by atoms with Crippen molar-refractivity contribution in [2.45, 2.75) is 6.29 Å². The quantitative estimate of drug-likeness (QED) is 0.411. The standard InChI is InChI=1S/C5H12O4/c1-7-4-9-3-5(6)8-2/h5-6H,3-4H2,1-2H3. The van der Waals surface area contributed by atoms with Gasteiger partial charge in [-0.05, 0) is 0 Å². The predicted molar refractivity (Wildman–Crippen MR) is 30.8 cm³/mol. The van der Waals surface area contributed by atoms with Crippen LogP contribution < -0.4 is 0 Å². The Morgan fingerprint density at radius 1 is 1.44 bits per heavy atom. The maximum absolute atomic E-state index is 8.68. The first-order valence-electron chi connectivity index (χ1n) is 2.58. The molecule has 0 aliphatic rings. The molecular weight excluding hydrogens is 124 g/mol. The van der Waals surface area contributed by atoms with Gasteiger partial charge in [0.2, 0.25) is 0 Å². The van der Waals surface area contributed by atoms with Crippen LogP contribution >= 0.6 is 0 Å². The minimum absolute atomic E-state index is 0.143. The molecule has 0 radical (unpaired) electrons. The lowest BCUT2D eigenvalue weighted by molar-refractivity contribution is -0.145. The first kappa shape index (κ1) is 8.84. The second-order valence-electron chi connectivity index (χ2n) is 1.47. The van der Waals surface area contributed by atoms with Gasteiger partial charge in [0.1, 0.15) is 13.4 Å². The summed E-state index contributed by atoms with van der Waals surface area (Å²) in [7, 11) is 2.92. The summed E-state index contributed by atoms with van der Waals surface area (Å²) in [5.74, 6) is 0. The molecule has 0 bridgehead atoms. The molecule has 0 rings (SSSR count). The summed E-state index contributed by atoms with van der Waals surface area (Å²) in [6.45, 7) is 0.324. The minimum Gasteiger partial charge on any atom is -0.366 e. The number of ether oxygens (including phenoxy) is 3. The average molecular weight is 136 g/mol. The zero-order valence-electron chi connectivity index (χ0n) is 5.66. The van der Waals surface area contributed by atoms with Crippen LogP contribution in [0.5, 0.6) is 0 Å². The molecule has 4 nitrogen and oxygen atoms in total. The Balaban J connectivity index is 2.88. The number of aliphatic hydroxyl groups is 1. The molecule has 0 aliphatic heterocycles. The van der Waals surface area contributed by atoms with E-state index in [1.807, 2.05) is 0 Å².